The summed E-state index contributed by atoms with van der Waals surface area (Å²) in [4.78, 5) is 14.8. The minimum Gasteiger partial charge on any atom is -0.337 e. The van der Waals surface area contributed by atoms with Crippen LogP contribution in [0.1, 0.15) is 23.2 Å². The Hall–Kier alpha value is -2.97. The van der Waals surface area contributed by atoms with Gasteiger partial charge in [-0.1, -0.05) is 36.4 Å². The number of nitrogens with zero attached hydrogens (tertiary/aromatic N) is 3. The third kappa shape index (κ3) is 4.60. The first-order chi connectivity index (χ1) is 14.4. The highest BCUT2D eigenvalue weighted by atomic mass is 32.2. The molecule has 1 saturated heterocycles. The zero-order valence-corrected chi connectivity index (χ0v) is 17.5. The lowest BCUT2D eigenvalue weighted by Crippen LogP contribution is -2.49. The Morgan fingerprint density at radius 3 is 2.67 bits per heavy atom. The highest BCUT2D eigenvalue weighted by molar-refractivity contribution is 7.88. The molecule has 8 heteroatoms. The van der Waals surface area contributed by atoms with E-state index in [-0.39, 0.29) is 11.9 Å². The van der Waals surface area contributed by atoms with E-state index in [1.807, 2.05) is 59.3 Å². The van der Waals surface area contributed by atoms with E-state index in [0.29, 0.717) is 18.7 Å². The number of carbonyl (C=O) groups is 1. The second kappa shape index (κ2) is 8.41. The molecule has 1 atom stereocenters. The first-order valence-corrected chi connectivity index (χ1v) is 11.8. The number of nitrogens with one attached hydrogen (secondary N) is 1. The van der Waals surface area contributed by atoms with Crippen LogP contribution in [0.3, 0.4) is 0 Å². The fraction of sp³-hybridized carbons (Fsp3) is 0.273. The van der Waals surface area contributed by atoms with E-state index in [1.54, 1.807) is 17.2 Å². The second-order valence-corrected chi connectivity index (χ2v) is 9.30. The lowest BCUT2D eigenvalue weighted by Gasteiger charge is -2.32. The number of hydrogen-bond donors (Lipinski definition) is 1. The van der Waals surface area contributed by atoms with Gasteiger partial charge in [0.2, 0.25) is 10.0 Å². The van der Waals surface area contributed by atoms with Crippen LogP contribution in [0.2, 0.25) is 0 Å². The minimum absolute atomic E-state index is 0.106. The number of carbonyl (C=O) groups excluding carboxylic acids is 1. The molecule has 3 aromatic rings. The van der Waals surface area contributed by atoms with Crippen LogP contribution in [-0.2, 0) is 10.0 Å². The molecule has 1 unspecified atom stereocenters. The average Bonchev–Trinajstić information content (AvgIpc) is 3.23. The van der Waals surface area contributed by atoms with Crippen LogP contribution in [-0.4, -0.2) is 54.4 Å². The van der Waals surface area contributed by atoms with Gasteiger partial charge in [-0.3, -0.25) is 4.79 Å². The van der Waals surface area contributed by atoms with Crippen molar-refractivity contribution in [1.82, 2.24) is 19.4 Å². The van der Waals surface area contributed by atoms with E-state index in [0.717, 1.165) is 36.0 Å². The fourth-order valence-corrected chi connectivity index (χ4v) is 4.65. The van der Waals surface area contributed by atoms with Crippen molar-refractivity contribution in [3.63, 3.8) is 0 Å². The molecule has 156 valence electrons. The number of piperidine rings is 1. The van der Waals surface area contributed by atoms with Crippen LogP contribution < -0.4 is 4.72 Å². The van der Waals surface area contributed by atoms with E-state index >= 15 is 0 Å². The summed E-state index contributed by atoms with van der Waals surface area (Å²) < 4.78 is 27.5. The summed E-state index contributed by atoms with van der Waals surface area (Å²) >= 11 is 0. The van der Waals surface area contributed by atoms with Crippen LogP contribution in [0.15, 0.2) is 66.9 Å². The lowest BCUT2D eigenvalue weighted by molar-refractivity contribution is 0.0703. The van der Waals surface area contributed by atoms with Crippen molar-refractivity contribution in [2.45, 2.75) is 18.9 Å². The van der Waals surface area contributed by atoms with Crippen molar-refractivity contribution in [3.05, 3.63) is 72.4 Å². The second-order valence-electron chi connectivity index (χ2n) is 7.52. The molecular formula is C22H24N4O3S. The van der Waals surface area contributed by atoms with Gasteiger partial charge in [0.15, 0.2) is 0 Å². The average molecular weight is 425 g/mol. The molecule has 7 nitrogen and oxygen atoms in total. The van der Waals surface area contributed by atoms with E-state index in [2.05, 4.69) is 9.82 Å². The predicted molar refractivity (Wildman–Crippen MR) is 116 cm³/mol. The van der Waals surface area contributed by atoms with Gasteiger partial charge in [0, 0.05) is 30.3 Å². The van der Waals surface area contributed by atoms with Crippen LogP contribution >= 0.6 is 0 Å². The summed E-state index contributed by atoms with van der Waals surface area (Å²) in [5.41, 5.74) is 3.34. The van der Waals surface area contributed by atoms with Crippen molar-refractivity contribution in [2.75, 3.05) is 19.3 Å². The summed E-state index contributed by atoms with van der Waals surface area (Å²) in [7, 11) is -3.30. The Bertz CT molecular complexity index is 1140. The molecule has 0 bridgehead atoms. The Morgan fingerprint density at radius 2 is 1.90 bits per heavy atom. The van der Waals surface area contributed by atoms with E-state index in [9.17, 15) is 13.2 Å². The summed E-state index contributed by atoms with van der Waals surface area (Å²) in [6, 6.07) is 19.0. The largest absolute Gasteiger partial charge is 0.337 e. The molecular weight excluding hydrogens is 400 g/mol. The number of sulfonamides is 1. The number of aromatic nitrogens is 2. The maximum atomic E-state index is 13.1. The molecule has 1 N–H and O–H groups in total. The maximum absolute atomic E-state index is 13.1. The number of amides is 1. The summed E-state index contributed by atoms with van der Waals surface area (Å²) in [6.45, 7) is 0.981. The highest BCUT2D eigenvalue weighted by Gasteiger charge is 2.26. The van der Waals surface area contributed by atoms with Gasteiger partial charge in [0.1, 0.15) is 0 Å². The monoisotopic (exact) mass is 424 g/mol. The summed E-state index contributed by atoms with van der Waals surface area (Å²) in [5, 5.41) is 4.44. The molecule has 2 aromatic carbocycles. The third-order valence-electron chi connectivity index (χ3n) is 5.14. The number of likely N-dealkylation sites (tertiary alicyclic amines) is 1. The Balaban J connectivity index is 1.57. The van der Waals surface area contributed by atoms with Gasteiger partial charge >= 0.3 is 0 Å². The first-order valence-electron chi connectivity index (χ1n) is 9.87. The zero-order valence-electron chi connectivity index (χ0n) is 16.7. The molecule has 4 rings (SSSR count). The Morgan fingerprint density at radius 1 is 1.10 bits per heavy atom. The smallest absolute Gasteiger partial charge is 0.253 e. The SMILES string of the molecule is CS(=O)(=O)NC1CCCN(C(=O)c2cccc(-n3nccc3-c3ccccc3)c2)C1. The molecule has 0 radical (unpaired) electrons. The van der Waals surface area contributed by atoms with Crippen molar-refractivity contribution in [1.29, 1.82) is 0 Å². The van der Waals surface area contributed by atoms with Gasteiger partial charge in [-0.05, 0) is 37.1 Å². The first kappa shape index (κ1) is 20.3. The third-order valence-corrected chi connectivity index (χ3v) is 5.90. The van der Waals surface area contributed by atoms with Crippen LogP contribution in [0.4, 0.5) is 0 Å². The van der Waals surface area contributed by atoms with Crippen LogP contribution in [0.25, 0.3) is 16.9 Å². The molecule has 1 fully saturated rings. The van der Waals surface area contributed by atoms with E-state index < -0.39 is 10.0 Å². The molecule has 30 heavy (non-hydrogen) atoms. The molecule has 2 heterocycles. The Kier molecular flexibility index (Phi) is 5.69. The van der Waals surface area contributed by atoms with Crippen LogP contribution in [0, 0.1) is 0 Å². The molecule has 1 aromatic heterocycles. The molecule has 1 aliphatic heterocycles. The summed E-state index contributed by atoms with van der Waals surface area (Å²) in [6.07, 6.45) is 4.37. The molecule has 0 spiro atoms. The lowest BCUT2D eigenvalue weighted by atomic mass is 10.0. The number of benzene rings is 2. The zero-order chi connectivity index (χ0) is 21.1. The van der Waals surface area contributed by atoms with Crippen molar-refractivity contribution in [2.24, 2.45) is 0 Å². The minimum atomic E-state index is -3.30. The van der Waals surface area contributed by atoms with Gasteiger partial charge in [0.25, 0.3) is 5.91 Å². The molecule has 1 amide bonds. The van der Waals surface area contributed by atoms with Crippen molar-refractivity contribution in [3.8, 4) is 16.9 Å². The van der Waals surface area contributed by atoms with E-state index in [1.165, 1.54) is 0 Å². The topological polar surface area (TPSA) is 84.3 Å². The quantitative estimate of drug-likeness (QED) is 0.683. The van der Waals surface area contributed by atoms with Gasteiger partial charge in [0.05, 0.1) is 23.8 Å². The van der Waals surface area contributed by atoms with E-state index in [4.69, 9.17) is 0 Å². The Labute approximate surface area is 176 Å². The standard InChI is InChI=1S/C22H24N4O3S/c1-30(28,29)24-19-10-6-14-25(16-19)22(27)18-9-5-11-20(15-18)26-21(12-13-23-26)17-7-3-2-4-8-17/h2-5,7-9,11-13,15,19,24H,6,10,14,16H2,1H3. The van der Waals surface area contributed by atoms with Crippen LogP contribution in [0.5, 0.6) is 0 Å². The van der Waals surface area contributed by atoms with Gasteiger partial charge in [-0.2, -0.15) is 5.10 Å². The molecule has 0 aliphatic carbocycles. The molecule has 0 saturated carbocycles. The number of hydrogen-bond acceptors (Lipinski definition) is 4. The van der Waals surface area contributed by atoms with Crippen molar-refractivity contribution < 1.29 is 13.2 Å². The van der Waals surface area contributed by atoms with Crippen molar-refractivity contribution >= 4 is 15.9 Å². The van der Waals surface area contributed by atoms with Gasteiger partial charge in [-0.15, -0.1) is 0 Å². The molecule has 1 aliphatic rings. The summed E-state index contributed by atoms with van der Waals surface area (Å²) in [5.74, 6) is -0.106. The highest BCUT2D eigenvalue weighted by Crippen LogP contribution is 2.23. The normalized spacial score (nSPS) is 17.1. The van der Waals surface area contributed by atoms with Gasteiger partial charge < -0.3 is 4.90 Å². The maximum Gasteiger partial charge on any atom is 0.253 e. The predicted octanol–water partition coefficient (Wildman–Crippen LogP) is 2.69. The number of rotatable bonds is 5. The van der Waals surface area contributed by atoms with Gasteiger partial charge in [-0.25, -0.2) is 17.8 Å². The fourth-order valence-electron chi connectivity index (χ4n) is 3.85.